The van der Waals surface area contributed by atoms with Gasteiger partial charge in [0.05, 0.1) is 10.9 Å². The summed E-state index contributed by atoms with van der Waals surface area (Å²) in [6.07, 6.45) is 0. The number of hydrogen-bond acceptors (Lipinski definition) is 5. The van der Waals surface area contributed by atoms with Gasteiger partial charge in [0.15, 0.2) is 0 Å². The minimum Gasteiger partial charge on any atom is -0.545 e. The van der Waals surface area contributed by atoms with E-state index in [4.69, 9.17) is 0 Å². The van der Waals surface area contributed by atoms with E-state index in [0.29, 0.717) is 5.69 Å². The quantitative estimate of drug-likeness (QED) is 0.427. The third-order valence-electron chi connectivity index (χ3n) is 2.49. The zero-order valence-corrected chi connectivity index (χ0v) is 12.7. The Hall–Kier alpha value is -1.89. The fourth-order valence-electron chi connectivity index (χ4n) is 1.60. The molecule has 0 bridgehead atoms. The fourth-order valence-corrected chi connectivity index (χ4v) is 1.60. The molecule has 0 aliphatic heterocycles. The Labute approximate surface area is 136 Å². The van der Waals surface area contributed by atoms with Crippen molar-refractivity contribution in [3.63, 3.8) is 0 Å². The van der Waals surface area contributed by atoms with Crippen molar-refractivity contribution < 1.29 is 44.4 Å². The number of rotatable bonds is 4. The van der Waals surface area contributed by atoms with Crippen LogP contribution in [-0.2, 0) is 0 Å². The van der Waals surface area contributed by atoms with Crippen molar-refractivity contribution in [2.45, 2.75) is 0 Å². The molecular weight excluding hydrogens is 271 g/mol. The fraction of sp³-hybridized carbons (Fsp3) is 0. The van der Waals surface area contributed by atoms with E-state index in [-0.39, 0.29) is 46.5 Å². The van der Waals surface area contributed by atoms with Crippen LogP contribution in [0.25, 0.3) is 0 Å². The first-order valence-corrected chi connectivity index (χ1v) is 5.40. The van der Waals surface area contributed by atoms with Crippen molar-refractivity contribution >= 4 is 23.0 Å². The standard InChI is InChI=1S/C13H10N2O4.Na/c16-13(17)11-8-10(15(18)19)6-7-12(11)14-9-4-2-1-3-5-9;/h1-8,14H,(H,16,17);/q;+1/p-1. The second kappa shape index (κ2) is 7.04. The molecule has 20 heavy (non-hydrogen) atoms. The summed E-state index contributed by atoms with van der Waals surface area (Å²) in [6.45, 7) is 0. The predicted octanol–water partition coefficient (Wildman–Crippen LogP) is -1.29. The molecule has 2 rings (SSSR count). The molecule has 0 atom stereocenters. The van der Waals surface area contributed by atoms with Gasteiger partial charge < -0.3 is 15.2 Å². The molecule has 0 aliphatic carbocycles. The third kappa shape index (κ3) is 3.80. The van der Waals surface area contributed by atoms with E-state index >= 15 is 0 Å². The topological polar surface area (TPSA) is 95.3 Å². The number of hydrogen-bond donors (Lipinski definition) is 1. The van der Waals surface area contributed by atoms with Crippen molar-refractivity contribution in [2.75, 3.05) is 5.32 Å². The molecule has 0 amide bonds. The molecule has 2 aromatic carbocycles. The Morgan fingerprint density at radius 1 is 1.10 bits per heavy atom. The van der Waals surface area contributed by atoms with Crippen LogP contribution in [0.15, 0.2) is 48.5 Å². The number of non-ortho nitro benzene ring substituents is 1. The first kappa shape index (κ1) is 16.2. The molecule has 7 heteroatoms. The van der Waals surface area contributed by atoms with E-state index in [9.17, 15) is 20.0 Å². The molecule has 0 aliphatic rings. The van der Waals surface area contributed by atoms with E-state index in [1.54, 1.807) is 24.3 Å². The number of carboxylic acid groups (broad SMARTS) is 1. The van der Waals surface area contributed by atoms with Crippen LogP contribution in [0.4, 0.5) is 17.1 Å². The maximum atomic E-state index is 11.0. The van der Waals surface area contributed by atoms with Crippen LogP contribution < -0.4 is 40.0 Å². The van der Waals surface area contributed by atoms with Gasteiger partial charge in [0.2, 0.25) is 0 Å². The third-order valence-corrected chi connectivity index (χ3v) is 2.49. The molecule has 0 radical (unpaired) electrons. The second-order valence-electron chi connectivity index (χ2n) is 3.77. The number of carbonyl (C=O) groups excluding carboxylic acids is 1. The number of carbonyl (C=O) groups is 1. The molecule has 1 N–H and O–H groups in total. The van der Waals surface area contributed by atoms with Crippen LogP contribution in [0.3, 0.4) is 0 Å². The summed E-state index contributed by atoms with van der Waals surface area (Å²) in [6, 6.07) is 12.4. The van der Waals surface area contributed by atoms with Crippen molar-refractivity contribution in [1.82, 2.24) is 0 Å². The van der Waals surface area contributed by atoms with Gasteiger partial charge >= 0.3 is 29.6 Å². The molecule has 0 spiro atoms. The molecule has 0 heterocycles. The summed E-state index contributed by atoms with van der Waals surface area (Å²) >= 11 is 0. The average Bonchev–Trinajstić information content (AvgIpc) is 2.39. The number of nitrogens with zero attached hydrogens (tertiary/aromatic N) is 1. The first-order valence-electron chi connectivity index (χ1n) is 5.40. The Bertz CT molecular complexity index is 632. The number of carboxylic acids is 1. The molecular formula is C13H9N2NaO4. The second-order valence-corrected chi connectivity index (χ2v) is 3.77. The maximum absolute atomic E-state index is 11.0. The van der Waals surface area contributed by atoms with E-state index in [0.717, 1.165) is 6.07 Å². The normalized spacial score (nSPS) is 9.40. The van der Waals surface area contributed by atoms with Gasteiger partial charge in [-0.15, -0.1) is 0 Å². The number of anilines is 2. The summed E-state index contributed by atoms with van der Waals surface area (Å²) in [5, 5.41) is 24.5. The predicted molar refractivity (Wildman–Crippen MR) is 67.2 cm³/mol. The van der Waals surface area contributed by atoms with Crippen LogP contribution in [-0.4, -0.2) is 10.9 Å². The number of nitro groups is 1. The number of para-hydroxylation sites is 1. The molecule has 0 unspecified atom stereocenters. The van der Waals surface area contributed by atoms with Gasteiger partial charge in [0.1, 0.15) is 0 Å². The van der Waals surface area contributed by atoms with Gasteiger partial charge in [-0.2, -0.15) is 0 Å². The van der Waals surface area contributed by atoms with Crippen LogP contribution in [0, 0.1) is 10.1 Å². The monoisotopic (exact) mass is 280 g/mol. The van der Waals surface area contributed by atoms with Crippen LogP contribution in [0.1, 0.15) is 10.4 Å². The van der Waals surface area contributed by atoms with Crippen LogP contribution >= 0.6 is 0 Å². The van der Waals surface area contributed by atoms with Crippen molar-refractivity contribution in [3.8, 4) is 0 Å². The van der Waals surface area contributed by atoms with Gasteiger partial charge in [-0.05, 0) is 18.2 Å². The van der Waals surface area contributed by atoms with Gasteiger partial charge in [-0.1, -0.05) is 18.2 Å². The number of aromatic carboxylic acids is 1. The van der Waals surface area contributed by atoms with Crippen molar-refractivity contribution in [2.24, 2.45) is 0 Å². The van der Waals surface area contributed by atoms with Gasteiger partial charge in [-0.3, -0.25) is 10.1 Å². The minimum atomic E-state index is -1.47. The summed E-state index contributed by atoms with van der Waals surface area (Å²) in [7, 11) is 0. The van der Waals surface area contributed by atoms with Crippen molar-refractivity contribution in [1.29, 1.82) is 0 Å². The SMILES string of the molecule is O=C([O-])c1cc([N+](=O)[O-])ccc1Nc1ccccc1.[Na+]. The molecule has 0 aromatic heterocycles. The van der Waals surface area contributed by atoms with Crippen molar-refractivity contribution in [3.05, 3.63) is 64.2 Å². The average molecular weight is 280 g/mol. The molecule has 0 saturated heterocycles. The summed E-state index contributed by atoms with van der Waals surface area (Å²) < 4.78 is 0. The first-order chi connectivity index (χ1) is 9.08. The zero-order valence-electron chi connectivity index (χ0n) is 10.7. The largest absolute Gasteiger partial charge is 1.00 e. The Kier molecular flexibility index (Phi) is 5.69. The maximum Gasteiger partial charge on any atom is 1.00 e. The summed E-state index contributed by atoms with van der Waals surface area (Å²) in [4.78, 5) is 21.0. The molecule has 0 fully saturated rings. The van der Waals surface area contributed by atoms with E-state index in [2.05, 4.69) is 5.32 Å². The smallest absolute Gasteiger partial charge is 0.545 e. The Morgan fingerprint density at radius 2 is 1.75 bits per heavy atom. The number of benzene rings is 2. The van der Waals surface area contributed by atoms with E-state index < -0.39 is 10.9 Å². The van der Waals surface area contributed by atoms with Crippen LogP contribution in [0.2, 0.25) is 0 Å². The van der Waals surface area contributed by atoms with E-state index in [1.165, 1.54) is 12.1 Å². The van der Waals surface area contributed by atoms with Crippen LogP contribution in [0.5, 0.6) is 0 Å². The minimum absolute atomic E-state index is 0. The van der Waals surface area contributed by atoms with Gasteiger partial charge in [-0.25, -0.2) is 0 Å². The number of nitrogens with one attached hydrogen (secondary N) is 1. The van der Waals surface area contributed by atoms with Gasteiger partial charge in [0.25, 0.3) is 5.69 Å². The van der Waals surface area contributed by atoms with E-state index in [1.807, 2.05) is 6.07 Å². The molecule has 0 saturated carbocycles. The summed E-state index contributed by atoms with van der Waals surface area (Å²) in [5.41, 5.74) is 0.381. The Morgan fingerprint density at radius 3 is 2.30 bits per heavy atom. The molecule has 2 aromatic rings. The summed E-state index contributed by atoms with van der Waals surface area (Å²) in [5.74, 6) is -1.47. The number of nitro benzene ring substituents is 1. The molecule has 6 nitrogen and oxygen atoms in total. The van der Waals surface area contributed by atoms with Gasteiger partial charge in [0, 0.05) is 29.1 Å². The zero-order chi connectivity index (χ0) is 13.8. The molecule has 96 valence electrons. The Balaban J connectivity index is 0.00000200.